The van der Waals surface area contributed by atoms with Crippen LogP contribution in [0.4, 0.5) is 0 Å². The fraction of sp³-hybridized carbons (Fsp3) is 0.0909. The van der Waals surface area contributed by atoms with Crippen LogP contribution in [-0.4, -0.2) is 25.0 Å². The van der Waals surface area contributed by atoms with Crippen LogP contribution in [0.3, 0.4) is 0 Å². The number of para-hydroxylation sites is 1. The Kier molecular flexibility index (Phi) is 4.01. The van der Waals surface area contributed by atoms with E-state index in [2.05, 4.69) is 4.98 Å². The minimum absolute atomic E-state index is 0.145. The highest BCUT2D eigenvalue weighted by Gasteiger charge is 2.18. The molecule has 0 bridgehead atoms. The summed E-state index contributed by atoms with van der Waals surface area (Å²) < 4.78 is 10.6. The Labute approximate surface area is 151 Å². The van der Waals surface area contributed by atoms with Crippen molar-refractivity contribution in [3.05, 3.63) is 78.0 Å². The number of carbonyl (C=O) groups is 1. The first-order chi connectivity index (χ1) is 12.7. The molecule has 0 aliphatic rings. The third kappa shape index (κ3) is 2.56. The monoisotopic (exact) mass is 343 g/mol. The molecule has 1 heterocycles. The molecular weight excluding hydrogens is 326 g/mol. The van der Waals surface area contributed by atoms with Crippen LogP contribution in [0.25, 0.3) is 21.7 Å². The molecule has 0 saturated heterocycles. The van der Waals surface area contributed by atoms with Crippen LogP contribution in [0, 0.1) is 0 Å². The van der Waals surface area contributed by atoms with Crippen molar-refractivity contribution in [2.24, 2.45) is 0 Å². The van der Waals surface area contributed by atoms with Crippen LogP contribution in [-0.2, 0) is 0 Å². The predicted molar refractivity (Wildman–Crippen MR) is 102 cm³/mol. The summed E-state index contributed by atoms with van der Waals surface area (Å²) in [5.41, 5.74) is 1.75. The minimum Gasteiger partial charge on any atom is -0.493 e. The molecule has 0 amide bonds. The number of methoxy groups -OCH3 is 2. The summed E-state index contributed by atoms with van der Waals surface area (Å²) in [4.78, 5) is 17.9. The smallest absolute Gasteiger partial charge is 0.212 e. The molecule has 4 heteroatoms. The van der Waals surface area contributed by atoms with Gasteiger partial charge >= 0.3 is 0 Å². The average molecular weight is 343 g/mol. The maximum absolute atomic E-state index is 13.2. The maximum atomic E-state index is 13.2. The van der Waals surface area contributed by atoms with Gasteiger partial charge in [-0.25, -0.2) is 4.98 Å². The molecule has 4 nitrogen and oxygen atoms in total. The Morgan fingerprint density at radius 3 is 2.15 bits per heavy atom. The number of carbonyl (C=O) groups excluding carboxylic acids is 1. The lowest BCUT2D eigenvalue weighted by Crippen LogP contribution is -2.06. The largest absolute Gasteiger partial charge is 0.493 e. The van der Waals surface area contributed by atoms with E-state index in [1.807, 2.05) is 48.5 Å². The number of aromatic nitrogens is 1. The number of fused-ring (bicyclic) bond motifs is 3. The van der Waals surface area contributed by atoms with Gasteiger partial charge in [0.15, 0.2) is 11.5 Å². The molecule has 26 heavy (non-hydrogen) atoms. The van der Waals surface area contributed by atoms with Crippen molar-refractivity contribution in [2.45, 2.75) is 0 Å². The van der Waals surface area contributed by atoms with Crippen LogP contribution in [0.5, 0.6) is 11.5 Å². The van der Waals surface area contributed by atoms with Crippen LogP contribution in [0.2, 0.25) is 0 Å². The molecule has 0 aliphatic heterocycles. The van der Waals surface area contributed by atoms with Gasteiger partial charge in [-0.3, -0.25) is 4.79 Å². The first kappa shape index (κ1) is 16.1. The normalized spacial score (nSPS) is 10.8. The highest BCUT2D eigenvalue weighted by molar-refractivity contribution is 6.19. The number of rotatable bonds is 4. The van der Waals surface area contributed by atoms with Gasteiger partial charge in [0.05, 0.1) is 19.7 Å². The molecule has 0 fully saturated rings. The number of ketones is 1. The van der Waals surface area contributed by atoms with Crippen molar-refractivity contribution in [1.82, 2.24) is 4.98 Å². The molecule has 1 aromatic heterocycles. The number of hydrogen-bond acceptors (Lipinski definition) is 4. The van der Waals surface area contributed by atoms with Crippen molar-refractivity contribution >= 4 is 27.5 Å². The number of pyridine rings is 1. The SMILES string of the molecule is COc1ccc(C(=O)c2nc3ccccc3c3ccccc23)cc1OC. The van der Waals surface area contributed by atoms with E-state index in [1.54, 1.807) is 32.4 Å². The number of benzene rings is 3. The van der Waals surface area contributed by atoms with Gasteiger partial charge in [0.1, 0.15) is 5.69 Å². The van der Waals surface area contributed by atoms with E-state index in [9.17, 15) is 4.79 Å². The molecule has 0 radical (unpaired) electrons. The highest BCUT2D eigenvalue weighted by atomic mass is 16.5. The van der Waals surface area contributed by atoms with Crippen LogP contribution in [0.15, 0.2) is 66.7 Å². The number of nitrogens with zero attached hydrogens (tertiary/aromatic N) is 1. The summed E-state index contributed by atoms with van der Waals surface area (Å²) in [7, 11) is 3.12. The van der Waals surface area contributed by atoms with Crippen molar-refractivity contribution in [2.75, 3.05) is 14.2 Å². The van der Waals surface area contributed by atoms with Gasteiger partial charge in [0.25, 0.3) is 0 Å². The third-order valence-corrected chi connectivity index (χ3v) is 4.47. The Balaban J connectivity index is 1.94. The Morgan fingerprint density at radius 1 is 0.769 bits per heavy atom. The van der Waals surface area contributed by atoms with E-state index in [0.717, 1.165) is 21.7 Å². The summed E-state index contributed by atoms with van der Waals surface area (Å²) in [6, 6.07) is 20.8. The van der Waals surface area contributed by atoms with Gasteiger partial charge in [-0.05, 0) is 29.7 Å². The van der Waals surface area contributed by atoms with Gasteiger partial charge in [-0.2, -0.15) is 0 Å². The Hall–Kier alpha value is -3.40. The Morgan fingerprint density at radius 2 is 1.42 bits per heavy atom. The first-order valence-corrected chi connectivity index (χ1v) is 8.27. The van der Waals surface area contributed by atoms with E-state index in [4.69, 9.17) is 9.47 Å². The second kappa shape index (κ2) is 6.48. The molecule has 0 N–H and O–H groups in total. The molecule has 0 spiro atoms. The zero-order chi connectivity index (χ0) is 18.1. The van der Waals surface area contributed by atoms with E-state index in [-0.39, 0.29) is 5.78 Å². The highest BCUT2D eigenvalue weighted by Crippen LogP contribution is 2.31. The molecule has 0 saturated carbocycles. The molecule has 3 aromatic carbocycles. The summed E-state index contributed by atoms with van der Waals surface area (Å²) in [5, 5.41) is 2.89. The van der Waals surface area contributed by atoms with Crippen LogP contribution >= 0.6 is 0 Å². The van der Waals surface area contributed by atoms with Crippen LogP contribution < -0.4 is 9.47 Å². The van der Waals surface area contributed by atoms with Gasteiger partial charge < -0.3 is 9.47 Å². The van der Waals surface area contributed by atoms with Crippen molar-refractivity contribution in [3.63, 3.8) is 0 Å². The van der Waals surface area contributed by atoms with Gasteiger partial charge in [-0.1, -0.05) is 42.5 Å². The third-order valence-electron chi connectivity index (χ3n) is 4.47. The van der Waals surface area contributed by atoms with Gasteiger partial charge in [0.2, 0.25) is 5.78 Å². The molecule has 128 valence electrons. The van der Waals surface area contributed by atoms with Crippen molar-refractivity contribution in [3.8, 4) is 11.5 Å². The second-order valence-electron chi connectivity index (χ2n) is 5.92. The van der Waals surface area contributed by atoms with E-state index >= 15 is 0 Å². The summed E-state index contributed by atoms with van der Waals surface area (Å²) >= 11 is 0. The van der Waals surface area contributed by atoms with Gasteiger partial charge in [-0.15, -0.1) is 0 Å². The first-order valence-electron chi connectivity index (χ1n) is 8.27. The molecule has 4 aromatic rings. The molecule has 0 unspecified atom stereocenters. The number of hydrogen-bond donors (Lipinski definition) is 0. The lowest BCUT2D eigenvalue weighted by Gasteiger charge is -2.11. The van der Waals surface area contributed by atoms with Crippen molar-refractivity contribution < 1.29 is 14.3 Å². The summed E-state index contributed by atoms with van der Waals surface area (Å²) in [6.45, 7) is 0. The minimum atomic E-state index is -0.145. The van der Waals surface area contributed by atoms with Crippen molar-refractivity contribution in [1.29, 1.82) is 0 Å². The zero-order valence-electron chi connectivity index (χ0n) is 14.5. The molecule has 4 rings (SSSR count). The predicted octanol–water partition coefficient (Wildman–Crippen LogP) is 4.64. The van der Waals surface area contributed by atoms with Crippen LogP contribution in [0.1, 0.15) is 16.1 Å². The fourth-order valence-corrected chi connectivity index (χ4v) is 3.19. The second-order valence-corrected chi connectivity index (χ2v) is 5.92. The van der Waals surface area contributed by atoms with E-state index in [1.165, 1.54) is 0 Å². The molecule has 0 atom stereocenters. The van der Waals surface area contributed by atoms with E-state index in [0.29, 0.717) is 22.8 Å². The quantitative estimate of drug-likeness (QED) is 0.400. The Bertz CT molecular complexity index is 1130. The summed E-state index contributed by atoms with van der Waals surface area (Å²) in [6.07, 6.45) is 0. The molecular formula is C22H17NO3. The lowest BCUT2D eigenvalue weighted by molar-refractivity contribution is 0.103. The summed E-state index contributed by atoms with van der Waals surface area (Å²) in [5.74, 6) is 0.955. The average Bonchev–Trinajstić information content (AvgIpc) is 2.72. The number of ether oxygens (including phenoxy) is 2. The topological polar surface area (TPSA) is 48.4 Å². The van der Waals surface area contributed by atoms with Gasteiger partial charge in [0, 0.05) is 16.3 Å². The molecule has 0 aliphatic carbocycles. The van der Waals surface area contributed by atoms with E-state index < -0.39 is 0 Å². The zero-order valence-corrected chi connectivity index (χ0v) is 14.5. The standard InChI is InChI=1S/C22H17NO3/c1-25-19-12-11-14(13-20(19)26-2)22(24)21-17-9-4-3-7-15(17)16-8-5-6-10-18(16)23-21/h3-13H,1-2H3. The fourth-order valence-electron chi connectivity index (χ4n) is 3.19. The lowest BCUT2D eigenvalue weighted by atomic mass is 9.99. The maximum Gasteiger partial charge on any atom is 0.212 e.